The molecule has 0 fully saturated rings. The number of esters is 1. The van der Waals surface area contributed by atoms with Crippen molar-refractivity contribution < 1.29 is 19.4 Å². The Hall–Kier alpha value is -2.34. The van der Waals surface area contributed by atoms with Gasteiger partial charge in [0, 0.05) is 16.0 Å². The van der Waals surface area contributed by atoms with Crippen molar-refractivity contribution in [3.05, 3.63) is 53.9 Å². The molecule has 1 N–H and O–H groups in total. The van der Waals surface area contributed by atoms with E-state index in [2.05, 4.69) is 9.72 Å². The van der Waals surface area contributed by atoms with E-state index in [1.54, 1.807) is 30.5 Å². The van der Waals surface area contributed by atoms with Gasteiger partial charge in [0.25, 0.3) is 0 Å². The number of rotatable bonds is 5. The molecule has 2 rings (SSSR count). The summed E-state index contributed by atoms with van der Waals surface area (Å²) in [7, 11) is 1.31. The van der Waals surface area contributed by atoms with E-state index in [1.807, 2.05) is 12.1 Å². The molecule has 0 unspecified atom stereocenters. The van der Waals surface area contributed by atoms with Gasteiger partial charge in [-0.2, -0.15) is 0 Å². The molecule has 0 aliphatic heterocycles. The normalized spacial score (nSPS) is 10.1. The Balaban J connectivity index is 2.11. The summed E-state index contributed by atoms with van der Waals surface area (Å²) in [5, 5.41) is 8.72. The van der Waals surface area contributed by atoms with Crippen LogP contribution in [0, 0.1) is 0 Å². The van der Waals surface area contributed by atoms with Crippen molar-refractivity contribution in [2.45, 2.75) is 16.2 Å². The first kappa shape index (κ1) is 15.1. The number of methoxy groups -OCH3 is 1. The molecule has 0 spiro atoms. The minimum absolute atomic E-state index is 0.00664. The van der Waals surface area contributed by atoms with E-state index in [0.717, 1.165) is 15.4 Å². The van der Waals surface area contributed by atoms with Crippen LogP contribution in [-0.2, 0) is 16.0 Å². The molecule has 6 heteroatoms. The number of nitrogens with zero attached hydrogens (tertiary/aromatic N) is 1. The number of hydrogen-bond donors (Lipinski definition) is 1. The number of benzene rings is 1. The maximum absolute atomic E-state index is 11.4. The lowest BCUT2D eigenvalue weighted by Gasteiger charge is -2.04. The molecule has 1 aromatic heterocycles. The van der Waals surface area contributed by atoms with Crippen molar-refractivity contribution in [2.75, 3.05) is 7.11 Å². The van der Waals surface area contributed by atoms with E-state index in [9.17, 15) is 9.59 Å². The number of carbonyl (C=O) groups is 2. The Morgan fingerprint density at radius 1 is 1.19 bits per heavy atom. The number of aromatic nitrogens is 1. The molecule has 0 amide bonds. The lowest BCUT2D eigenvalue weighted by Crippen LogP contribution is -2.03. The molecule has 0 saturated carbocycles. The Morgan fingerprint density at radius 2 is 1.90 bits per heavy atom. The van der Waals surface area contributed by atoms with Crippen LogP contribution in [-0.4, -0.2) is 29.1 Å². The largest absolute Gasteiger partial charge is 0.481 e. The summed E-state index contributed by atoms with van der Waals surface area (Å²) in [6, 6.07) is 10.7. The first-order chi connectivity index (χ1) is 10.1. The van der Waals surface area contributed by atoms with Crippen LogP contribution in [0.2, 0.25) is 0 Å². The molecule has 0 saturated heterocycles. The van der Waals surface area contributed by atoms with Crippen LogP contribution >= 0.6 is 11.8 Å². The highest BCUT2D eigenvalue weighted by molar-refractivity contribution is 7.99. The van der Waals surface area contributed by atoms with E-state index >= 15 is 0 Å². The molecule has 5 nitrogen and oxygen atoms in total. The van der Waals surface area contributed by atoms with Gasteiger partial charge in [-0.25, -0.2) is 9.78 Å². The van der Waals surface area contributed by atoms with Gasteiger partial charge < -0.3 is 9.84 Å². The number of ether oxygens (including phenoxy) is 1. The van der Waals surface area contributed by atoms with Crippen molar-refractivity contribution in [3.8, 4) is 0 Å². The van der Waals surface area contributed by atoms with E-state index in [1.165, 1.54) is 18.9 Å². The first-order valence-electron chi connectivity index (χ1n) is 6.11. The van der Waals surface area contributed by atoms with Crippen LogP contribution in [0.15, 0.2) is 52.4 Å². The quantitative estimate of drug-likeness (QED) is 0.856. The van der Waals surface area contributed by atoms with Crippen molar-refractivity contribution in [1.29, 1.82) is 0 Å². The average molecular weight is 303 g/mol. The predicted molar refractivity (Wildman–Crippen MR) is 77.5 cm³/mol. The first-order valence-corrected chi connectivity index (χ1v) is 6.93. The summed E-state index contributed by atoms with van der Waals surface area (Å²) < 4.78 is 4.63. The summed E-state index contributed by atoms with van der Waals surface area (Å²) in [5.41, 5.74) is 1.00. The zero-order valence-electron chi connectivity index (χ0n) is 11.3. The number of hydrogen-bond acceptors (Lipinski definition) is 5. The van der Waals surface area contributed by atoms with Gasteiger partial charge in [0.05, 0.1) is 13.5 Å². The molecule has 2 aromatic rings. The van der Waals surface area contributed by atoms with Gasteiger partial charge in [-0.05, 0) is 29.8 Å². The third-order valence-corrected chi connectivity index (χ3v) is 3.64. The van der Waals surface area contributed by atoms with Gasteiger partial charge in [-0.15, -0.1) is 0 Å². The average Bonchev–Trinajstić information content (AvgIpc) is 2.48. The van der Waals surface area contributed by atoms with Gasteiger partial charge in [-0.3, -0.25) is 4.79 Å². The minimum Gasteiger partial charge on any atom is -0.481 e. The van der Waals surface area contributed by atoms with Gasteiger partial charge in [-0.1, -0.05) is 23.9 Å². The monoisotopic (exact) mass is 303 g/mol. The van der Waals surface area contributed by atoms with Crippen LogP contribution in [0.5, 0.6) is 0 Å². The van der Waals surface area contributed by atoms with E-state index in [-0.39, 0.29) is 12.1 Å². The summed E-state index contributed by atoms with van der Waals surface area (Å²) in [6.07, 6.45) is 1.56. The highest BCUT2D eigenvalue weighted by atomic mass is 32.2. The van der Waals surface area contributed by atoms with Crippen molar-refractivity contribution in [1.82, 2.24) is 4.98 Å². The summed E-state index contributed by atoms with van der Waals surface area (Å²) in [5.74, 6) is -1.33. The highest BCUT2D eigenvalue weighted by Gasteiger charge is 2.08. The zero-order valence-corrected chi connectivity index (χ0v) is 12.1. The Morgan fingerprint density at radius 3 is 2.52 bits per heavy atom. The van der Waals surface area contributed by atoms with E-state index in [0.29, 0.717) is 0 Å². The summed E-state index contributed by atoms with van der Waals surface area (Å²) >= 11 is 1.46. The fourth-order valence-corrected chi connectivity index (χ4v) is 2.52. The molecule has 0 aliphatic rings. The van der Waals surface area contributed by atoms with Gasteiger partial charge in [0.1, 0.15) is 5.69 Å². The molecule has 1 aromatic carbocycles. The lowest BCUT2D eigenvalue weighted by atomic mass is 10.2. The standard InChI is InChI=1S/C15H13NO4S/c1-20-15(19)13-9-12(6-7-16-13)21-11-4-2-10(3-5-11)8-14(17)18/h2-7,9H,8H2,1H3,(H,17,18). The number of carboxylic acids is 1. The summed E-state index contributed by atoms with van der Waals surface area (Å²) in [6.45, 7) is 0. The minimum atomic E-state index is -0.854. The second kappa shape index (κ2) is 6.90. The molecule has 21 heavy (non-hydrogen) atoms. The number of carboxylic acid groups (broad SMARTS) is 1. The van der Waals surface area contributed by atoms with Gasteiger partial charge in [0.2, 0.25) is 0 Å². The van der Waals surface area contributed by atoms with Gasteiger partial charge in [0.15, 0.2) is 0 Å². The number of pyridine rings is 1. The van der Waals surface area contributed by atoms with Crippen molar-refractivity contribution in [3.63, 3.8) is 0 Å². The Labute approximate surface area is 126 Å². The molecule has 0 atom stereocenters. The third kappa shape index (κ3) is 4.32. The van der Waals surface area contributed by atoms with Crippen LogP contribution in [0.1, 0.15) is 16.1 Å². The molecule has 0 bridgehead atoms. The van der Waals surface area contributed by atoms with E-state index < -0.39 is 11.9 Å². The smallest absolute Gasteiger partial charge is 0.356 e. The number of carbonyl (C=O) groups excluding carboxylic acids is 1. The van der Waals surface area contributed by atoms with Crippen LogP contribution in [0.3, 0.4) is 0 Å². The third-order valence-electron chi connectivity index (χ3n) is 2.64. The number of aliphatic carboxylic acids is 1. The van der Waals surface area contributed by atoms with Gasteiger partial charge >= 0.3 is 11.9 Å². The molecule has 0 radical (unpaired) electrons. The molecule has 0 aliphatic carbocycles. The maximum atomic E-state index is 11.4. The Kier molecular flexibility index (Phi) is 4.94. The highest BCUT2D eigenvalue weighted by Crippen LogP contribution is 2.28. The van der Waals surface area contributed by atoms with Crippen LogP contribution < -0.4 is 0 Å². The predicted octanol–water partition coefficient (Wildman–Crippen LogP) is 2.65. The second-order valence-electron chi connectivity index (χ2n) is 4.18. The molecule has 108 valence electrons. The SMILES string of the molecule is COC(=O)c1cc(Sc2ccc(CC(=O)O)cc2)ccn1. The second-order valence-corrected chi connectivity index (χ2v) is 5.33. The summed E-state index contributed by atoms with van der Waals surface area (Å²) in [4.78, 5) is 27.8. The molecular weight excluding hydrogens is 290 g/mol. The van der Waals surface area contributed by atoms with Crippen molar-refractivity contribution in [2.24, 2.45) is 0 Å². The van der Waals surface area contributed by atoms with Crippen LogP contribution in [0.4, 0.5) is 0 Å². The fraction of sp³-hybridized carbons (Fsp3) is 0.133. The van der Waals surface area contributed by atoms with Crippen LogP contribution in [0.25, 0.3) is 0 Å². The topological polar surface area (TPSA) is 76.5 Å². The lowest BCUT2D eigenvalue weighted by molar-refractivity contribution is -0.136. The van der Waals surface area contributed by atoms with E-state index in [4.69, 9.17) is 5.11 Å². The Bertz CT molecular complexity index is 655. The zero-order chi connectivity index (χ0) is 15.2. The fourth-order valence-electron chi connectivity index (χ4n) is 1.68. The molecule has 1 heterocycles. The molecular formula is C15H13NO4S. The van der Waals surface area contributed by atoms with Crippen molar-refractivity contribution >= 4 is 23.7 Å². The maximum Gasteiger partial charge on any atom is 0.356 e.